The van der Waals surface area contributed by atoms with Gasteiger partial charge < -0.3 is 9.64 Å². The molecular weight excluding hydrogens is 218 g/mol. The van der Waals surface area contributed by atoms with Gasteiger partial charge >= 0.3 is 0 Å². The van der Waals surface area contributed by atoms with Crippen LogP contribution in [-0.2, 0) is 4.74 Å². The summed E-state index contributed by atoms with van der Waals surface area (Å²) in [6.07, 6.45) is 9.06. The second-order valence-electron chi connectivity index (χ2n) is 3.75. The summed E-state index contributed by atoms with van der Waals surface area (Å²) in [7, 11) is 0. The lowest BCUT2D eigenvalue weighted by molar-refractivity contribution is 0.122. The first kappa shape index (κ1) is 10.1. The van der Waals surface area contributed by atoms with E-state index < -0.39 is 0 Å². The number of aromatic nitrogens is 4. The molecule has 3 heterocycles. The van der Waals surface area contributed by atoms with Gasteiger partial charge in [-0.3, -0.25) is 4.40 Å². The largest absolute Gasteiger partial charge is 0.378 e. The van der Waals surface area contributed by atoms with Crippen molar-refractivity contribution in [2.45, 2.75) is 0 Å². The van der Waals surface area contributed by atoms with E-state index in [1.54, 1.807) is 10.6 Å². The Balaban J connectivity index is 2.02. The summed E-state index contributed by atoms with van der Waals surface area (Å²) in [6.45, 7) is 3.20. The van der Waals surface area contributed by atoms with E-state index >= 15 is 0 Å². The second-order valence-corrected chi connectivity index (χ2v) is 3.75. The first-order valence-electron chi connectivity index (χ1n) is 5.38. The van der Waals surface area contributed by atoms with Gasteiger partial charge in [0.2, 0.25) is 5.82 Å². The molecule has 0 aromatic carbocycles. The number of rotatable bonds is 1. The first-order valence-corrected chi connectivity index (χ1v) is 5.38. The van der Waals surface area contributed by atoms with E-state index in [9.17, 15) is 0 Å². The molecule has 1 saturated heterocycles. The van der Waals surface area contributed by atoms with Crippen molar-refractivity contribution in [1.29, 1.82) is 0 Å². The molecule has 0 aliphatic carbocycles. The molecule has 3 rings (SSSR count). The van der Waals surface area contributed by atoms with Crippen LogP contribution in [0.25, 0.3) is 5.78 Å². The van der Waals surface area contributed by atoms with Crippen molar-refractivity contribution in [1.82, 2.24) is 19.6 Å². The predicted octanol–water partition coefficient (Wildman–Crippen LogP) is -0.0578. The molecule has 0 unspecified atom stereocenters. The van der Waals surface area contributed by atoms with Gasteiger partial charge in [0.1, 0.15) is 0 Å². The van der Waals surface area contributed by atoms with Crippen molar-refractivity contribution in [2.75, 3.05) is 31.2 Å². The minimum atomic E-state index is 0.475. The summed E-state index contributed by atoms with van der Waals surface area (Å²) in [6, 6.07) is 0. The highest BCUT2D eigenvalue weighted by atomic mass is 16.5. The Labute approximate surface area is 98.2 Å². The lowest BCUT2D eigenvalue weighted by Crippen LogP contribution is -2.36. The van der Waals surface area contributed by atoms with Crippen molar-refractivity contribution in [3.8, 4) is 12.3 Å². The monoisotopic (exact) mass is 229 g/mol. The average Bonchev–Trinajstić information content (AvgIpc) is 2.81. The zero-order chi connectivity index (χ0) is 11.7. The summed E-state index contributed by atoms with van der Waals surface area (Å²) >= 11 is 0. The predicted molar refractivity (Wildman–Crippen MR) is 61.7 cm³/mol. The molecule has 1 aliphatic heterocycles. The highest BCUT2D eigenvalue weighted by molar-refractivity contribution is 5.47. The highest BCUT2D eigenvalue weighted by Crippen LogP contribution is 2.15. The number of hydrogen-bond donors (Lipinski definition) is 0. The second kappa shape index (κ2) is 4.03. The van der Waals surface area contributed by atoms with Crippen LogP contribution in [0.3, 0.4) is 0 Å². The van der Waals surface area contributed by atoms with Crippen molar-refractivity contribution in [3.05, 3.63) is 18.2 Å². The lowest BCUT2D eigenvalue weighted by Gasteiger charge is -2.28. The maximum Gasteiger partial charge on any atom is 0.255 e. The Bertz CT molecular complexity index is 579. The van der Waals surface area contributed by atoms with Crippen LogP contribution in [0, 0.1) is 12.3 Å². The summed E-state index contributed by atoms with van der Waals surface area (Å²) in [4.78, 5) is 6.44. The molecule has 0 spiro atoms. The zero-order valence-corrected chi connectivity index (χ0v) is 9.20. The summed E-state index contributed by atoms with van der Waals surface area (Å²) in [5.41, 5.74) is 1.01. The van der Waals surface area contributed by atoms with Crippen molar-refractivity contribution >= 4 is 11.5 Å². The maximum absolute atomic E-state index is 5.35. The Morgan fingerprint density at radius 1 is 1.29 bits per heavy atom. The van der Waals surface area contributed by atoms with Gasteiger partial charge in [-0.1, -0.05) is 0 Å². The zero-order valence-electron chi connectivity index (χ0n) is 9.20. The van der Waals surface area contributed by atoms with Gasteiger partial charge in [-0.2, -0.15) is 0 Å². The van der Waals surface area contributed by atoms with Crippen LogP contribution in [0.4, 0.5) is 5.69 Å². The molecular formula is C11H11N5O. The van der Waals surface area contributed by atoms with Gasteiger partial charge in [-0.15, -0.1) is 16.6 Å². The molecule has 0 radical (unpaired) electrons. The normalized spacial score (nSPS) is 16.1. The van der Waals surface area contributed by atoms with E-state index in [0.29, 0.717) is 11.6 Å². The first-order chi connectivity index (χ1) is 8.38. The fourth-order valence-corrected chi connectivity index (χ4v) is 1.86. The van der Waals surface area contributed by atoms with Crippen LogP contribution in [0.5, 0.6) is 0 Å². The average molecular weight is 229 g/mol. The molecule has 86 valence electrons. The Kier molecular flexibility index (Phi) is 2.38. The van der Waals surface area contributed by atoms with E-state index in [1.165, 1.54) is 0 Å². The van der Waals surface area contributed by atoms with Crippen LogP contribution < -0.4 is 4.90 Å². The van der Waals surface area contributed by atoms with Crippen molar-refractivity contribution in [3.63, 3.8) is 0 Å². The van der Waals surface area contributed by atoms with Crippen LogP contribution in [-0.4, -0.2) is 45.9 Å². The van der Waals surface area contributed by atoms with Gasteiger partial charge in [0.05, 0.1) is 25.1 Å². The van der Waals surface area contributed by atoms with Crippen LogP contribution in [0.1, 0.15) is 5.82 Å². The summed E-state index contributed by atoms with van der Waals surface area (Å²) in [5, 5.41) is 7.76. The minimum Gasteiger partial charge on any atom is -0.378 e. The molecule has 2 aromatic rings. The number of nitrogens with zero attached hydrogens (tertiary/aromatic N) is 5. The van der Waals surface area contributed by atoms with E-state index in [-0.39, 0.29) is 0 Å². The molecule has 6 nitrogen and oxygen atoms in total. The highest BCUT2D eigenvalue weighted by Gasteiger charge is 2.13. The lowest BCUT2D eigenvalue weighted by atomic mass is 10.3. The van der Waals surface area contributed by atoms with E-state index in [2.05, 4.69) is 26.0 Å². The van der Waals surface area contributed by atoms with Gasteiger partial charge in [0, 0.05) is 19.3 Å². The molecule has 0 amide bonds. The summed E-state index contributed by atoms with van der Waals surface area (Å²) < 4.78 is 7.04. The van der Waals surface area contributed by atoms with Gasteiger partial charge in [-0.05, 0) is 5.92 Å². The minimum absolute atomic E-state index is 0.475. The van der Waals surface area contributed by atoms with E-state index in [0.717, 1.165) is 32.0 Å². The third-order valence-electron chi connectivity index (χ3n) is 2.76. The molecule has 0 N–H and O–H groups in total. The SMILES string of the molecule is C#Cc1nnc2ncc(N3CCOCC3)cn12. The number of morpholine rings is 1. The quantitative estimate of drug-likeness (QED) is 0.641. The van der Waals surface area contributed by atoms with Crippen LogP contribution in [0.2, 0.25) is 0 Å². The fraction of sp³-hybridized carbons (Fsp3) is 0.364. The topological polar surface area (TPSA) is 55.5 Å². The van der Waals surface area contributed by atoms with E-state index in [4.69, 9.17) is 11.2 Å². The van der Waals surface area contributed by atoms with Gasteiger partial charge in [0.25, 0.3) is 5.78 Å². The van der Waals surface area contributed by atoms with E-state index in [1.807, 2.05) is 6.20 Å². The number of ether oxygens (including phenoxy) is 1. The molecule has 0 saturated carbocycles. The van der Waals surface area contributed by atoms with Crippen molar-refractivity contribution < 1.29 is 4.74 Å². The third-order valence-corrected chi connectivity index (χ3v) is 2.76. The molecule has 0 bridgehead atoms. The van der Waals surface area contributed by atoms with Gasteiger partial charge in [0.15, 0.2) is 0 Å². The molecule has 6 heteroatoms. The number of terminal acetylenes is 1. The van der Waals surface area contributed by atoms with Gasteiger partial charge in [-0.25, -0.2) is 4.98 Å². The molecule has 2 aromatic heterocycles. The summed E-state index contributed by atoms with van der Waals surface area (Å²) in [5.74, 6) is 3.48. The van der Waals surface area contributed by atoms with Crippen LogP contribution in [0.15, 0.2) is 12.4 Å². The Morgan fingerprint density at radius 2 is 2.12 bits per heavy atom. The van der Waals surface area contributed by atoms with Crippen molar-refractivity contribution in [2.24, 2.45) is 0 Å². The van der Waals surface area contributed by atoms with Crippen LogP contribution >= 0.6 is 0 Å². The smallest absolute Gasteiger partial charge is 0.255 e. The standard InChI is InChI=1S/C11H11N5O/c1-2-10-13-14-11-12-7-9(8-16(10)11)15-3-5-17-6-4-15/h1,7-8H,3-6H2. The molecule has 1 fully saturated rings. The Hall–Kier alpha value is -2.13. The Morgan fingerprint density at radius 3 is 2.88 bits per heavy atom. The number of hydrogen-bond acceptors (Lipinski definition) is 5. The third kappa shape index (κ3) is 1.70. The fourth-order valence-electron chi connectivity index (χ4n) is 1.86. The number of fused-ring (bicyclic) bond motifs is 1. The molecule has 1 aliphatic rings. The molecule has 0 atom stereocenters. The molecule has 17 heavy (non-hydrogen) atoms. The number of anilines is 1. The maximum atomic E-state index is 5.35.